The Bertz CT molecular complexity index is 887. The first-order chi connectivity index (χ1) is 13.9. The van der Waals surface area contributed by atoms with Gasteiger partial charge in [0, 0.05) is 5.92 Å². The summed E-state index contributed by atoms with van der Waals surface area (Å²) in [5.74, 6) is 1.94. The molecular weight excluding hydrogens is 396 g/mol. The normalized spacial score (nSPS) is 28.9. The maximum absolute atomic E-state index is 10.6. The van der Waals surface area contributed by atoms with Gasteiger partial charge in [-0.05, 0) is 49.3 Å². The van der Waals surface area contributed by atoms with E-state index in [1.165, 1.54) is 0 Å². The van der Waals surface area contributed by atoms with Gasteiger partial charge in [0.05, 0.1) is 12.1 Å². The predicted octanol–water partition coefficient (Wildman–Crippen LogP) is 5.51. The van der Waals surface area contributed by atoms with Gasteiger partial charge in [-0.25, -0.2) is 4.99 Å². The number of aryl methyl sites for hydroxylation is 2. The summed E-state index contributed by atoms with van der Waals surface area (Å²) in [6, 6.07) is 11.4. The van der Waals surface area contributed by atoms with Gasteiger partial charge < -0.3 is 5.73 Å². The highest BCUT2D eigenvalue weighted by Crippen LogP contribution is 2.85. The third kappa shape index (κ3) is 2.99. The van der Waals surface area contributed by atoms with E-state index in [9.17, 15) is 10.5 Å². The zero-order valence-corrected chi connectivity index (χ0v) is 19.4. The molecule has 3 rings (SSSR count). The molecule has 2 N–H and O–H groups in total. The molecule has 0 radical (unpaired) electrons. The molecule has 1 aliphatic carbocycles. The summed E-state index contributed by atoms with van der Waals surface area (Å²) in [4.78, 5) is 4.88. The average Bonchev–Trinajstić information content (AvgIpc) is 3.28. The molecule has 0 bridgehead atoms. The molecule has 3 atom stereocenters. The quantitative estimate of drug-likeness (QED) is 0.415. The van der Waals surface area contributed by atoms with Crippen molar-refractivity contribution in [3.63, 3.8) is 0 Å². The van der Waals surface area contributed by atoms with Crippen molar-refractivity contribution in [2.24, 2.45) is 21.6 Å². The molecule has 4 nitrogen and oxygen atoms in total. The van der Waals surface area contributed by atoms with E-state index in [0.29, 0.717) is 5.84 Å². The molecule has 1 aromatic carbocycles. The molecule has 154 valence electrons. The van der Waals surface area contributed by atoms with Crippen LogP contribution < -0.4 is 5.73 Å². The summed E-state index contributed by atoms with van der Waals surface area (Å²) in [5.41, 5.74) is 7.84. The fourth-order valence-electron chi connectivity index (χ4n) is 4.61. The van der Waals surface area contributed by atoms with Crippen LogP contribution in [0.5, 0.6) is 0 Å². The molecule has 2 aliphatic rings. The molecular formula is C23H30N4S2. The number of aliphatic imine (C=N–C) groups is 1. The first-order valence-electron chi connectivity index (χ1n) is 10.4. The number of benzene rings is 1. The van der Waals surface area contributed by atoms with Crippen molar-refractivity contribution in [3.05, 3.63) is 34.9 Å². The number of rotatable bonds is 9. The molecule has 3 unspecified atom stereocenters. The minimum absolute atomic E-state index is 0.231. The van der Waals surface area contributed by atoms with Crippen LogP contribution in [0, 0.1) is 47.3 Å². The van der Waals surface area contributed by atoms with Crippen LogP contribution in [-0.2, 0) is 0 Å². The van der Waals surface area contributed by atoms with Crippen molar-refractivity contribution >= 4 is 29.4 Å². The number of hydrogen-bond donors (Lipinski definition) is 1. The molecule has 1 fully saturated rings. The summed E-state index contributed by atoms with van der Waals surface area (Å²) < 4.78 is -0.716. The Kier molecular flexibility index (Phi) is 6.27. The zero-order chi connectivity index (χ0) is 21.3. The first kappa shape index (κ1) is 22.1. The number of nitriles is 2. The number of thioether (sulfide) groups is 2. The average molecular weight is 427 g/mol. The fraction of sp³-hybridized carbons (Fsp3) is 0.609. The second-order valence-electron chi connectivity index (χ2n) is 8.12. The lowest BCUT2D eigenvalue weighted by molar-refractivity contribution is 0.562. The van der Waals surface area contributed by atoms with E-state index in [1.54, 1.807) is 23.5 Å². The van der Waals surface area contributed by atoms with Crippen molar-refractivity contribution in [2.75, 3.05) is 11.5 Å². The van der Waals surface area contributed by atoms with Gasteiger partial charge in [0.15, 0.2) is 4.20 Å². The summed E-state index contributed by atoms with van der Waals surface area (Å²) in [5, 5.41) is 20.9. The number of nitrogens with zero attached hydrogens (tertiary/aromatic N) is 3. The number of nitrogens with two attached hydrogens (primary N) is 1. The Balaban J connectivity index is 2.14. The lowest BCUT2D eigenvalue weighted by Crippen LogP contribution is -2.32. The zero-order valence-electron chi connectivity index (χ0n) is 17.8. The minimum Gasteiger partial charge on any atom is -0.386 e. The van der Waals surface area contributed by atoms with Crippen molar-refractivity contribution in [2.45, 2.75) is 63.5 Å². The number of hydrogen-bond acceptors (Lipinski definition) is 6. The number of fused-ring (bicyclic) bond motifs is 1. The Hall–Kier alpha value is -1.63. The van der Waals surface area contributed by atoms with E-state index in [-0.39, 0.29) is 5.92 Å². The fourth-order valence-corrected chi connectivity index (χ4v) is 8.29. The van der Waals surface area contributed by atoms with Gasteiger partial charge in [0.2, 0.25) is 0 Å². The van der Waals surface area contributed by atoms with E-state index in [2.05, 4.69) is 58.0 Å². The highest BCUT2D eigenvalue weighted by atomic mass is 32.2. The van der Waals surface area contributed by atoms with Crippen LogP contribution in [0.1, 0.15) is 62.1 Å². The molecule has 6 heteroatoms. The molecule has 0 spiro atoms. The maximum Gasteiger partial charge on any atom is 0.175 e. The highest BCUT2D eigenvalue weighted by molar-refractivity contribution is 8.18. The Labute approximate surface area is 183 Å². The van der Waals surface area contributed by atoms with E-state index >= 15 is 0 Å². The molecule has 1 heterocycles. The van der Waals surface area contributed by atoms with Crippen LogP contribution in [0.3, 0.4) is 0 Å². The van der Waals surface area contributed by atoms with Gasteiger partial charge in [0.1, 0.15) is 16.7 Å². The van der Waals surface area contributed by atoms with E-state index in [1.807, 2.05) is 0 Å². The minimum atomic E-state index is -1.03. The topological polar surface area (TPSA) is 86.0 Å². The van der Waals surface area contributed by atoms with E-state index in [0.717, 1.165) is 53.9 Å². The SMILES string of the molecule is CCCCSC1(SCCCC)N=C(N)C2(C#N)C(c3cc(C)ccc3C)C12C#N. The first-order valence-corrected chi connectivity index (χ1v) is 12.4. The van der Waals surface area contributed by atoms with Gasteiger partial charge in [-0.1, -0.05) is 50.5 Å². The molecule has 0 aromatic heterocycles. The molecule has 0 saturated heterocycles. The highest BCUT2D eigenvalue weighted by Gasteiger charge is 2.92. The number of unbranched alkanes of at least 4 members (excludes halogenated alkanes) is 2. The lowest BCUT2D eigenvalue weighted by atomic mass is 9.95. The standard InChI is InChI=1S/C23H30N4S2/c1-5-7-11-28-23(29-12-8-6-2)22(15-25)19(21(22,14-24)20(26)27-23)18-13-16(3)9-10-17(18)4/h9-10,13,19H,5-8,11-12H2,1-4H3,(H2,26,27). The Morgan fingerprint density at radius 1 is 1.07 bits per heavy atom. The van der Waals surface area contributed by atoms with Crippen LogP contribution in [0.2, 0.25) is 0 Å². The molecule has 1 saturated carbocycles. The molecule has 1 aliphatic heterocycles. The third-order valence-electron chi connectivity index (χ3n) is 6.26. The monoisotopic (exact) mass is 426 g/mol. The van der Waals surface area contributed by atoms with E-state index in [4.69, 9.17) is 10.7 Å². The van der Waals surface area contributed by atoms with Crippen molar-refractivity contribution in [3.8, 4) is 12.1 Å². The van der Waals surface area contributed by atoms with Crippen LogP contribution in [-0.4, -0.2) is 21.5 Å². The third-order valence-corrected chi connectivity index (χ3v) is 9.57. The van der Waals surface area contributed by atoms with Crippen LogP contribution in [0.25, 0.3) is 0 Å². The molecule has 1 aromatic rings. The van der Waals surface area contributed by atoms with Crippen LogP contribution >= 0.6 is 23.5 Å². The van der Waals surface area contributed by atoms with E-state index < -0.39 is 15.0 Å². The summed E-state index contributed by atoms with van der Waals surface area (Å²) in [6.07, 6.45) is 4.30. The van der Waals surface area contributed by atoms with Gasteiger partial charge >= 0.3 is 0 Å². The van der Waals surface area contributed by atoms with Gasteiger partial charge in [-0.15, -0.1) is 23.5 Å². The largest absolute Gasteiger partial charge is 0.386 e. The summed E-state index contributed by atoms with van der Waals surface area (Å²) >= 11 is 3.46. The summed E-state index contributed by atoms with van der Waals surface area (Å²) in [7, 11) is 0. The van der Waals surface area contributed by atoms with Gasteiger partial charge in [-0.3, -0.25) is 0 Å². The molecule has 0 amide bonds. The van der Waals surface area contributed by atoms with Crippen molar-refractivity contribution in [1.82, 2.24) is 0 Å². The Morgan fingerprint density at radius 2 is 1.69 bits per heavy atom. The van der Waals surface area contributed by atoms with Gasteiger partial charge in [0.25, 0.3) is 0 Å². The smallest absolute Gasteiger partial charge is 0.175 e. The second kappa shape index (κ2) is 8.25. The van der Waals surface area contributed by atoms with Crippen molar-refractivity contribution in [1.29, 1.82) is 10.5 Å². The van der Waals surface area contributed by atoms with Crippen LogP contribution in [0.15, 0.2) is 23.2 Å². The summed E-state index contributed by atoms with van der Waals surface area (Å²) in [6.45, 7) is 8.44. The van der Waals surface area contributed by atoms with Gasteiger partial charge in [-0.2, -0.15) is 10.5 Å². The second-order valence-corrected chi connectivity index (χ2v) is 10.9. The maximum atomic E-state index is 10.6. The molecule has 29 heavy (non-hydrogen) atoms. The van der Waals surface area contributed by atoms with Crippen molar-refractivity contribution < 1.29 is 0 Å². The predicted molar refractivity (Wildman–Crippen MR) is 124 cm³/mol. The number of amidine groups is 1. The van der Waals surface area contributed by atoms with Crippen LogP contribution in [0.4, 0.5) is 0 Å². The lowest BCUT2D eigenvalue weighted by Gasteiger charge is -2.32. The Morgan fingerprint density at radius 3 is 2.21 bits per heavy atom.